The van der Waals surface area contributed by atoms with E-state index in [0.717, 1.165) is 0 Å². The van der Waals surface area contributed by atoms with Crippen molar-refractivity contribution in [1.82, 2.24) is 0 Å². The van der Waals surface area contributed by atoms with Gasteiger partial charge in [-0.1, -0.05) is 24.3 Å². The van der Waals surface area contributed by atoms with E-state index in [1.54, 1.807) is 11.8 Å². The summed E-state index contributed by atoms with van der Waals surface area (Å²) in [5, 5.41) is 0. The Bertz CT molecular complexity index is 94.9. The first-order valence-electron chi connectivity index (χ1n) is 2.32. The number of hydrogen-bond donors (Lipinski definition) is 0. The van der Waals surface area contributed by atoms with Crippen LogP contribution in [-0.2, 0) is 12.6 Å². The van der Waals surface area contributed by atoms with Crippen molar-refractivity contribution in [2.45, 2.75) is 25.5 Å². The predicted molar refractivity (Wildman–Crippen MR) is 47.3 cm³/mol. The largest absolute Gasteiger partial charge is 1.00 e. The second kappa shape index (κ2) is 5.89. The molecule has 48 valence electrons. The zero-order valence-corrected chi connectivity index (χ0v) is 11.8. The van der Waals surface area contributed by atoms with E-state index in [9.17, 15) is 0 Å². The topological polar surface area (TPSA) is 0 Å². The van der Waals surface area contributed by atoms with Crippen LogP contribution >= 0.6 is 24.0 Å². The minimum atomic E-state index is 0. The molecule has 0 aromatic carbocycles. The first-order valence-corrected chi connectivity index (χ1v) is 3.95. The Balaban J connectivity index is 0. The minimum absolute atomic E-state index is 0. The van der Waals surface area contributed by atoms with E-state index in [-0.39, 0.29) is 56.1 Å². The van der Waals surface area contributed by atoms with Crippen LogP contribution in [0.2, 0.25) is 0 Å². The maximum Gasteiger partial charge on any atom is 1.00 e. The van der Waals surface area contributed by atoms with Gasteiger partial charge in [-0.25, -0.2) is 0 Å². The molecule has 0 saturated carbocycles. The van der Waals surface area contributed by atoms with Crippen molar-refractivity contribution in [3.05, 3.63) is 0 Å². The van der Waals surface area contributed by atoms with Crippen LogP contribution < -0.4 is 51.4 Å². The summed E-state index contributed by atoms with van der Waals surface area (Å²) in [7, 11) is 0. The quantitative estimate of drug-likeness (QED) is 0.293. The Morgan fingerprint density at radius 1 is 1.44 bits per heavy atom. The summed E-state index contributed by atoms with van der Waals surface area (Å²) >= 11 is 11.0. The van der Waals surface area contributed by atoms with Crippen molar-refractivity contribution in [2.24, 2.45) is 0 Å². The van der Waals surface area contributed by atoms with Crippen LogP contribution in [0, 0.1) is 0 Å². The first-order chi connectivity index (χ1) is 3.42. The molecule has 0 N–H and O–H groups in total. The molecular weight excluding hydrogens is 195 g/mol. The van der Waals surface area contributed by atoms with Gasteiger partial charge in [-0.15, -0.1) is 11.8 Å². The number of hydrogen-bond acceptors (Lipinski definition) is 3. The number of rotatable bonds is 0. The zero-order chi connectivity index (χ0) is 6.78. The molecule has 0 aliphatic rings. The smallest absolute Gasteiger partial charge is 0.422 e. The molecule has 0 aromatic rings. The summed E-state index contributed by atoms with van der Waals surface area (Å²) < 4.78 is 0.802. The van der Waals surface area contributed by atoms with Gasteiger partial charge < -0.3 is 24.8 Å². The third kappa shape index (κ3) is 13.3. The fraction of sp³-hybridized carbons (Fsp3) is 0.800. The monoisotopic (exact) mass is 204 g/mol. The van der Waals surface area contributed by atoms with Gasteiger partial charge in [0.25, 0.3) is 0 Å². The second-order valence-electron chi connectivity index (χ2n) is 2.46. The van der Waals surface area contributed by atoms with Gasteiger partial charge in [0.2, 0.25) is 0 Å². The molecule has 9 heavy (non-hydrogen) atoms. The van der Waals surface area contributed by atoms with E-state index in [0.29, 0.717) is 3.53 Å². The van der Waals surface area contributed by atoms with Crippen molar-refractivity contribution < 1.29 is 51.4 Å². The molecular formula is C5H9KS3. The standard InChI is InChI=1S/C5H10S3.K/c1-5(2,3)8-4(6)7;/h1-3H3,(H,6,7);/q;+1/p-1. The summed E-state index contributed by atoms with van der Waals surface area (Å²) in [5.41, 5.74) is 0. The SMILES string of the molecule is CC(C)(C)SC(=S)[S-].[K+]. The fourth-order valence-electron chi connectivity index (χ4n) is 0.250. The average molecular weight is 204 g/mol. The van der Waals surface area contributed by atoms with E-state index < -0.39 is 0 Å². The third-order valence-electron chi connectivity index (χ3n) is 0.390. The summed E-state index contributed by atoms with van der Waals surface area (Å²) in [6.45, 7) is 6.28. The van der Waals surface area contributed by atoms with Gasteiger partial charge in [0, 0.05) is 4.75 Å². The van der Waals surface area contributed by atoms with Crippen LogP contribution in [0.3, 0.4) is 0 Å². The van der Waals surface area contributed by atoms with Crippen molar-refractivity contribution in [1.29, 1.82) is 0 Å². The van der Waals surface area contributed by atoms with Crippen LogP contribution in [0.25, 0.3) is 0 Å². The molecule has 0 fully saturated rings. The molecule has 0 heterocycles. The van der Waals surface area contributed by atoms with Gasteiger partial charge in [-0.2, -0.15) is 0 Å². The molecule has 0 aliphatic heterocycles. The maximum absolute atomic E-state index is 4.72. The van der Waals surface area contributed by atoms with Gasteiger partial charge >= 0.3 is 51.4 Å². The molecule has 0 aromatic heterocycles. The van der Waals surface area contributed by atoms with Crippen molar-refractivity contribution in [2.75, 3.05) is 0 Å². The molecule has 0 nitrogen and oxygen atoms in total. The van der Waals surface area contributed by atoms with E-state index in [1.807, 2.05) is 0 Å². The molecule has 0 rings (SSSR count). The van der Waals surface area contributed by atoms with E-state index in [4.69, 9.17) is 24.8 Å². The average Bonchev–Trinajstić information content (AvgIpc) is 1.21. The minimum Gasteiger partial charge on any atom is -0.422 e. The molecule has 0 amide bonds. The molecule has 0 radical (unpaired) electrons. The van der Waals surface area contributed by atoms with Crippen molar-refractivity contribution >= 4 is 40.1 Å². The summed E-state index contributed by atoms with van der Waals surface area (Å²) in [6.07, 6.45) is 0. The molecule has 0 saturated heterocycles. The molecule has 0 unspecified atom stereocenters. The number of thioether (sulfide) groups is 1. The van der Waals surface area contributed by atoms with Gasteiger partial charge in [-0.05, 0) is 0 Å². The Morgan fingerprint density at radius 2 is 1.78 bits per heavy atom. The second-order valence-corrected chi connectivity index (χ2v) is 5.89. The van der Waals surface area contributed by atoms with Crippen molar-refractivity contribution in [3.63, 3.8) is 0 Å². The van der Waals surface area contributed by atoms with E-state index >= 15 is 0 Å². The Kier molecular flexibility index (Phi) is 9.06. The molecule has 4 heteroatoms. The zero-order valence-electron chi connectivity index (χ0n) is 6.22. The number of thiocarbonyl (C=S) groups is 1. The Morgan fingerprint density at radius 3 is 1.78 bits per heavy atom. The molecule has 0 bridgehead atoms. The van der Waals surface area contributed by atoms with Crippen LogP contribution in [-0.4, -0.2) is 8.28 Å². The normalized spacial score (nSPS) is 10.1. The van der Waals surface area contributed by atoms with Gasteiger partial charge in [0.05, 0.1) is 0 Å². The maximum atomic E-state index is 4.72. The van der Waals surface area contributed by atoms with Crippen molar-refractivity contribution in [3.8, 4) is 0 Å². The summed E-state index contributed by atoms with van der Waals surface area (Å²) in [6, 6.07) is 0. The molecule has 0 aliphatic carbocycles. The molecule has 0 atom stereocenters. The van der Waals surface area contributed by atoms with Crippen LogP contribution in [0.4, 0.5) is 0 Å². The Hall–Kier alpha value is 2.30. The predicted octanol–water partition coefficient (Wildman–Crippen LogP) is -0.646. The van der Waals surface area contributed by atoms with Crippen LogP contribution in [0.5, 0.6) is 0 Å². The molecule has 0 spiro atoms. The first kappa shape index (κ1) is 13.9. The van der Waals surface area contributed by atoms with Gasteiger partial charge in [0.1, 0.15) is 0 Å². The van der Waals surface area contributed by atoms with Gasteiger partial charge in [0.15, 0.2) is 0 Å². The summed E-state index contributed by atoms with van der Waals surface area (Å²) in [4.78, 5) is 0. The van der Waals surface area contributed by atoms with Crippen LogP contribution in [0.1, 0.15) is 20.8 Å². The van der Waals surface area contributed by atoms with E-state index in [1.165, 1.54) is 0 Å². The van der Waals surface area contributed by atoms with Gasteiger partial charge in [-0.3, -0.25) is 0 Å². The van der Waals surface area contributed by atoms with Crippen LogP contribution in [0.15, 0.2) is 0 Å². The Labute approximate surface area is 115 Å². The summed E-state index contributed by atoms with van der Waals surface area (Å²) in [5.74, 6) is 0. The van der Waals surface area contributed by atoms with E-state index in [2.05, 4.69) is 20.8 Å². The third-order valence-corrected chi connectivity index (χ3v) is 1.67. The fourth-order valence-corrected chi connectivity index (χ4v) is 2.25.